The number of primary amides is 1. The van der Waals surface area contributed by atoms with Crippen molar-refractivity contribution in [2.75, 3.05) is 0 Å². The molecule has 2 amide bonds. The first-order valence-corrected chi connectivity index (χ1v) is 3.22. The minimum Gasteiger partial charge on any atom is -0.351 e. The van der Waals surface area contributed by atoms with E-state index in [4.69, 9.17) is 5.73 Å². The van der Waals surface area contributed by atoms with Gasteiger partial charge in [0.2, 0.25) is 0 Å². The first-order chi connectivity index (χ1) is 4.79. The molecule has 10 heavy (non-hydrogen) atoms. The molecule has 0 fully saturated rings. The highest BCUT2D eigenvalue weighted by atomic mass is 16.2. The fourth-order valence-corrected chi connectivity index (χ4v) is 0.848. The molecule has 0 saturated carbocycles. The number of carbonyl (C=O) groups excluding carboxylic acids is 1. The van der Waals surface area contributed by atoms with E-state index in [1.165, 1.54) is 0 Å². The fraction of sp³-hybridized carbons (Fsp3) is 0.286. The van der Waals surface area contributed by atoms with Gasteiger partial charge in [0.25, 0.3) is 0 Å². The van der Waals surface area contributed by atoms with E-state index in [-0.39, 0.29) is 0 Å². The van der Waals surface area contributed by atoms with Crippen molar-refractivity contribution >= 4 is 6.03 Å². The Bertz CT molecular complexity index is 194. The zero-order valence-corrected chi connectivity index (χ0v) is 5.63. The maximum Gasteiger partial charge on any atom is 0.316 e. The Balaban J connectivity index is 2.48. The molecule has 3 nitrogen and oxygen atoms in total. The molecule has 0 atom stereocenters. The van der Waals surface area contributed by atoms with Crippen molar-refractivity contribution in [2.45, 2.75) is 12.8 Å². The first kappa shape index (κ1) is 6.86. The first-order valence-electron chi connectivity index (χ1n) is 3.22. The molecule has 0 spiro atoms. The maximum absolute atomic E-state index is 10.3. The largest absolute Gasteiger partial charge is 0.351 e. The van der Waals surface area contributed by atoms with Crippen LogP contribution in [0.25, 0.3) is 0 Å². The molecule has 0 aliphatic heterocycles. The van der Waals surface area contributed by atoms with Gasteiger partial charge >= 0.3 is 6.03 Å². The van der Waals surface area contributed by atoms with Crippen molar-refractivity contribution < 1.29 is 4.79 Å². The number of hydrogen-bond acceptors (Lipinski definition) is 1. The maximum atomic E-state index is 10.3. The van der Waals surface area contributed by atoms with Gasteiger partial charge in [0.15, 0.2) is 0 Å². The highest BCUT2D eigenvalue weighted by molar-refractivity contribution is 5.74. The van der Waals surface area contributed by atoms with Gasteiger partial charge in [-0.1, -0.05) is 12.2 Å². The monoisotopic (exact) mass is 138 g/mol. The highest BCUT2D eigenvalue weighted by Crippen LogP contribution is 2.05. The van der Waals surface area contributed by atoms with Crippen molar-refractivity contribution in [3.8, 4) is 0 Å². The van der Waals surface area contributed by atoms with E-state index in [2.05, 4.69) is 5.32 Å². The summed E-state index contributed by atoms with van der Waals surface area (Å²) >= 11 is 0. The van der Waals surface area contributed by atoms with Crippen LogP contribution in [0.3, 0.4) is 0 Å². The van der Waals surface area contributed by atoms with Crippen LogP contribution in [-0.4, -0.2) is 6.03 Å². The lowest BCUT2D eigenvalue weighted by molar-refractivity contribution is 0.251. The predicted molar refractivity (Wildman–Crippen MR) is 39.2 cm³/mol. The van der Waals surface area contributed by atoms with Gasteiger partial charge in [-0.2, -0.15) is 0 Å². The molecule has 1 rings (SSSR count). The standard InChI is InChI=1S/C7H10N2O/c8-7(10)9-6-4-2-1-3-5-6/h2,4-5H,1,3H2,(H3,8,9,10). The van der Waals surface area contributed by atoms with Crippen LogP contribution in [0.2, 0.25) is 0 Å². The summed E-state index contributed by atoms with van der Waals surface area (Å²) in [6.07, 6.45) is 7.83. The molecule has 0 aromatic heterocycles. The SMILES string of the molecule is NC(=O)NC1=CCCC=C1. The summed E-state index contributed by atoms with van der Waals surface area (Å²) in [4.78, 5) is 10.3. The van der Waals surface area contributed by atoms with Gasteiger partial charge in [0.1, 0.15) is 0 Å². The second-order valence-electron chi connectivity index (χ2n) is 2.13. The van der Waals surface area contributed by atoms with E-state index >= 15 is 0 Å². The molecular formula is C7H10N2O. The van der Waals surface area contributed by atoms with Crippen molar-refractivity contribution in [2.24, 2.45) is 5.73 Å². The fourth-order valence-electron chi connectivity index (χ4n) is 0.848. The van der Waals surface area contributed by atoms with Gasteiger partial charge in [-0.05, 0) is 18.9 Å². The highest BCUT2D eigenvalue weighted by Gasteiger charge is 1.97. The zero-order chi connectivity index (χ0) is 7.40. The predicted octanol–water partition coefficient (Wildman–Crippen LogP) is 0.889. The molecule has 0 aromatic carbocycles. The molecule has 3 heteroatoms. The van der Waals surface area contributed by atoms with Crippen LogP contribution in [0.15, 0.2) is 23.9 Å². The van der Waals surface area contributed by atoms with E-state index in [0.717, 1.165) is 18.5 Å². The minimum absolute atomic E-state index is 0.502. The van der Waals surface area contributed by atoms with E-state index in [1.54, 1.807) is 0 Å². The molecule has 0 radical (unpaired) electrons. The summed E-state index contributed by atoms with van der Waals surface area (Å²) in [5.74, 6) is 0. The lowest BCUT2D eigenvalue weighted by Gasteiger charge is -2.05. The van der Waals surface area contributed by atoms with Crippen LogP contribution in [0.1, 0.15) is 12.8 Å². The van der Waals surface area contributed by atoms with E-state index < -0.39 is 6.03 Å². The van der Waals surface area contributed by atoms with Crippen molar-refractivity contribution in [3.05, 3.63) is 23.9 Å². The topological polar surface area (TPSA) is 55.1 Å². The van der Waals surface area contributed by atoms with Crippen LogP contribution in [-0.2, 0) is 0 Å². The number of amides is 2. The third kappa shape index (κ3) is 1.93. The Morgan fingerprint density at radius 2 is 2.40 bits per heavy atom. The summed E-state index contributed by atoms with van der Waals surface area (Å²) in [5.41, 5.74) is 5.70. The number of rotatable bonds is 1. The van der Waals surface area contributed by atoms with Crippen molar-refractivity contribution in [3.63, 3.8) is 0 Å². The molecule has 0 bridgehead atoms. The van der Waals surface area contributed by atoms with Gasteiger partial charge < -0.3 is 11.1 Å². The van der Waals surface area contributed by atoms with Crippen LogP contribution in [0, 0.1) is 0 Å². The lowest BCUT2D eigenvalue weighted by atomic mass is 10.1. The van der Waals surface area contributed by atoms with Gasteiger partial charge in [-0.15, -0.1) is 0 Å². The molecule has 3 N–H and O–H groups in total. The zero-order valence-electron chi connectivity index (χ0n) is 5.63. The van der Waals surface area contributed by atoms with E-state index in [0.29, 0.717) is 0 Å². The van der Waals surface area contributed by atoms with E-state index in [1.807, 2.05) is 18.2 Å². The van der Waals surface area contributed by atoms with Crippen LogP contribution in [0.5, 0.6) is 0 Å². The number of carbonyl (C=O) groups is 1. The van der Waals surface area contributed by atoms with Crippen LogP contribution < -0.4 is 11.1 Å². The molecule has 0 aromatic rings. The second kappa shape index (κ2) is 3.06. The molecule has 1 aliphatic rings. The average molecular weight is 138 g/mol. The average Bonchev–Trinajstić information content (AvgIpc) is 1.88. The van der Waals surface area contributed by atoms with Crippen LogP contribution in [0.4, 0.5) is 4.79 Å². The number of hydrogen-bond donors (Lipinski definition) is 2. The van der Waals surface area contributed by atoms with Crippen molar-refractivity contribution in [1.82, 2.24) is 5.32 Å². The van der Waals surface area contributed by atoms with Gasteiger partial charge in [0.05, 0.1) is 0 Å². The third-order valence-electron chi connectivity index (χ3n) is 1.26. The molecule has 0 unspecified atom stereocenters. The minimum atomic E-state index is -0.502. The third-order valence-corrected chi connectivity index (χ3v) is 1.26. The Labute approximate surface area is 59.6 Å². The molecule has 0 heterocycles. The number of allylic oxidation sites excluding steroid dienone is 3. The van der Waals surface area contributed by atoms with Gasteiger partial charge in [-0.25, -0.2) is 4.79 Å². The molecule has 1 aliphatic carbocycles. The Morgan fingerprint density at radius 3 is 2.90 bits per heavy atom. The lowest BCUT2D eigenvalue weighted by Crippen LogP contribution is -2.28. The number of nitrogens with one attached hydrogen (secondary N) is 1. The summed E-state index contributed by atoms with van der Waals surface area (Å²) < 4.78 is 0. The summed E-state index contributed by atoms with van der Waals surface area (Å²) in [6.45, 7) is 0. The van der Waals surface area contributed by atoms with Crippen LogP contribution >= 0.6 is 0 Å². The molecular weight excluding hydrogens is 128 g/mol. The number of nitrogens with two attached hydrogens (primary N) is 1. The summed E-state index contributed by atoms with van der Waals surface area (Å²) in [6, 6.07) is -0.502. The Kier molecular flexibility index (Phi) is 2.10. The summed E-state index contributed by atoms with van der Waals surface area (Å²) in [7, 11) is 0. The number of urea groups is 1. The smallest absolute Gasteiger partial charge is 0.316 e. The Morgan fingerprint density at radius 1 is 1.60 bits per heavy atom. The second-order valence-corrected chi connectivity index (χ2v) is 2.13. The van der Waals surface area contributed by atoms with E-state index in [9.17, 15) is 4.79 Å². The quantitative estimate of drug-likeness (QED) is 0.555. The summed E-state index contributed by atoms with van der Waals surface area (Å²) in [5, 5.41) is 2.49. The molecule has 54 valence electrons. The van der Waals surface area contributed by atoms with Gasteiger partial charge in [-0.3, -0.25) is 0 Å². The normalized spacial score (nSPS) is 16.2. The van der Waals surface area contributed by atoms with Crippen molar-refractivity contribution in [1.29, 1.82) is 0 Å². The van der Waals surface area contributed by atoms with Gasteiger partial charge in [0, 0.05) is 5.70 Å². The molecule has 0 saturated heterocycles. The Hall–Kier alpha value is -1.25.